The van der Waals surface area contributed by atoms with E-state index in [0.29, 0.717) is 29.8 Å². The molecule has 2 aliphatic rings. The maximum Gasteiger partial charge on any atom is 0.243 e. The third kappa shape index (κ3) is 2.44. The molecule has 3 aromatic rings. The molecule has 0 N–H and O–H groups in total. The number of hydrogen-bond acceptors (Lipinski definition) is 6. The van der Waals surface area contributed by atoms with Crippen molar-refractivity contribution >= 4 is 20.8 Å². The number of pyridine rings is 1. The molecule has 1 aliphatic heterocycles. The van der Waals surface area contributed by atoms with E-state index in [4.69, 9.17) is 4.42 Å². The van der Waals surface area contributed by atoms with E-state index in [1.807, 2.05) is 13.0 Å². The smallest absolute Gasteiger partial charge is 0.243 e. The molecule has 3 heterocycles. The summed E-state index contributed by atoms with van der Waals surface area (Å²) in [6.45, 7) is 4.55. The zero-order valence-electron chi connectivity index (χ0n) is 15.9. The summed E-state index contributed by atoms with van der Waals surface area (Å²) in [4.78, 5) is 4.63. The lowest BCUT2D eigenvalue weighted by atomic mass is 9.81. The lowest BCUT2D eigenvalue weighted by Gasteiger charge is -2.24. The Kier molecular flexibility index (Phi) is 3.86. The largest absolute Gasteiger partial charge is 0.425 e. The highest BCUT2D eigenvalue weighted by Gasteiger charge is 2.56. The molecular weight excluding hydrogens is 376 g/mol. The van der Waals surface area contributed by atoms with Gasteiger partial charge in [0.25, 0.3) is 0 Å². The van der Waals surface area contributed by atoms with Gasteiger partial charge >= 0.3 is 0 Å². The summed E-state index contributed by atoms with van der Waals surface area (Å²) in [5.74, 6) is 1.32. The molecular formula is C20H22N4O3S. The van der Waals surface area contributed by atoms with Crippen LogP contribution in [-0.2, 0) is 15.4 Å². The lowest BCUT2D eigenvalue weighted by molar-refractivity contribution is 0.294. The molecule has 2 aromatic heterocycles. The normalized spacial score (nSPS) is 25.4. The van der Waals surface area contributed by atoms with Crippen molar-refractivity contribution in [1.29, 1.82) is 0 Å². The fourth-order valence-electron chi connectivity index (χ4n) is 4.96. The Labute approximate surface area is 163 Å². The summed E-state index contributed by atoms with van der Waals surface area (Å²) in [7, 11) is -3.65. The van der Waals surface area contributed by atoms with Crippen LogP contribution < -0.4 is 0 Å². The van der Waals surface area contributed by atoms with Gasteiger partial charge in [0, 0.05) is 42.7 Å². The van der Waals surface area contributed by atoms with Crippen molar-refractivity contribution in [3.8, 4) is 0 Å². The van der Waals surface area contributed by atoms with Crippen LogP contribution in [0.25, 0.3) is 10.8 Å². The van der Waals surface area contributed by atoms with Gasteiger partial charge in [-0.2, -0.15) is 4.31 Å². The van der Waals surface area contributed by atoms with E-state index < -0.39 is 10.0 Å². The highest BCUT2D eigenvalue weighted by molar-refractivity contribution is 7.89. The van der Waals surface area contributed by atoms with Gasteiger partial charge in [-0.05, 0) is 37.8 Å². The number of aryl methyl sites for hydroxylation is 2. The molecule has 0 unspecified atom stereocenters. The van der Waals surface area contributed by atoms with Crippen LogP contribution in [0.2, 0.25) is 0 Å². The second kappa shape index (κ2) is 6.09. The topological polar surface area (TPSA) is 89.2 Å². The number of fused-ring (bicyclic) bond motifs is 2. The van der Waals surface area contributed by atoms with Gasteiger partial charge in [0.05, 0.1) is 10.3 Å². The lowest BCUT2D eigenvalue weighted by Crippen LogP contribution is -2.35. The third-order valence-electron chi connectivity index (χ3n) is 6.37. The molecule has 0 radical (unpaired) electrons. The van der Waals surface area contributed by atoms with E-state index in [0.717, 1.165) is 35.7 Å². The van der Waals surface area contributed by atoms with Crippen molar-refractivity contribution in [2.75, 3.05) is 13.1 Å². The molecule has 0 spiro atoms. The molecule has 2 fully saturated rings. The summed E-state index contributed by atoms with van der Waals surface area (Å²) < 4.78 is 34.6. The standard InChI is InChI=1S/C20H22N4O3S/c1-13-16-6-3-7-18(17(16)8-10-21-13)28(25,26)24-11-15-5-4-9-20(15,12-24)19-23-22-14(2)27-19/h3,6-8,10,15H,4-5,9,11-12H2,1-2H3/t15-,20-/m0/s1. The highest BCUT2D eigenvalue weighted by atomic mass is 32.2. The fourth-order valence-corrected chi connectivity index (χ4v) is 6.72. The maximum atomic E-state index is 13.6. The Morgan fingerprint density at radius 1 is 1.18 bits per heavy atom. The van der Waals surface area contributed by atoms with E-state index in [1.54, 1.807) is 35.6 Å². The summed E-state index contributed by atoms with van der Waals surface area (Å²) >= 11 is 0. The number of nitrogens with zero attached hydrogens (tertiary/aromatic N) is 4. The van der Waals surface area contributed by atoms with Crippen LogP contribution in [0.15, 0.2) is 39.8 Å². The second-order valence-electron chi connectivity index (χ2n) is 7.92. The van der Waals surface area contributed by atoms with Crippen LogP contribution in [0.5, 0.6) is 0 Å². The minimum absolute atomic E-state index is 0.209. The van der Waals surface area contributed by atoms with E-state index in [9.17, 15) is 8.42 Å². The summed E-state index contributed by atoms with van der Waals surface area (Å²) in [6.07, 6.45) is 4.58. The first-order chi connectivity index (χ1) is 13.4. The van der Waals surface area contributed by atoms with Gasteiger partial charge in [-0.25, -0.2) is 8.42 Å². The number of hydrogen-bond donors (Lipinski definition) is 0. The Bertz CT molecular complexity index is 1170. The van der Waals surface area contributed by atoms with E-state index in [1.165, 1.54) is 0 Å². The van der Waals surface area contributed by atoms with Gasteiger partial charge in [0.15, 0.2) is 0 Å². The van der Waals surface area contributed by atoms with Crippen molar-refractivity contribution in [2.45, 2.75) is 43.4 Å². The van der Waals surface area contributed by atoms with Crippen LogP contribution >= 0.6 is 0 Å². The Balaban J connectivity index is 1.58. The zero-order valence-corrected chi connectivity index (χ0v) is 16.7. The Morgan fingerprint density at radius 2 is 2.04 bits per heavy atom. The molecule has 5 rings (SSSR count). The minimum Gasteiger partial charge on any atom is -0.425 e. The molecule has 7 nitrogen and oxygen atoms in total. The summed E-state index contributed by atoms with van der Waals surface area (Å²) in [5.41, 5.74) is 0.460. The first-order valence-corrected chi connectivity index (χ1v) is 11.0. The van der Waals surface area contributed by atoms with Crippen molar-refractivity contribution in [3.05, 3.63) is 47.9 Å². The average Bonchev–Trinajstić information content (AvgIpc) is 3.35. The van der Waals surface area contributed by atoms with Crippen molar-refractivity contribution in [3.63, 3.8) is 0 Å². The number of sulfonamides is 1. The van der Waals surface area contributed by atoms with E-state index >= 15 is 0 Å². The number of rotatable bonds is 3. The van der Waals surface area contributed by atoms with Crippen LogP contribution in [0, 0.1) is 19.8 Å². The molecule has 2 atom stereocenters. The van der Waals surface area contributed by atoms with E-state index in [2.05, 4.69) is 15.2 Å². The molecule has 0 amide bonds. The van der Waals surface area contributed by atoms with E-state index in [-0.39, 0.29) is 11.3 Å². The first-order valence-electron chi connectivity index (χ1n) is 9.57. The number of aromatic nitrogens is 3. The van der Waals surface area contributed by atoms with Gasteiger partial charge in [-0.3, -0.25) is 4.98 Å². The Hall–Kier alpha value is -2.32. The van der Waals surface area contributed by atoms with Crippen molar-refractivity contribution in [1.82, 2.24) is 19.5 Å². The zero-order chi connectivity index (χ0) is 19.5. The maximum absolute atomic E-state index is 13.6. The molecule has 0 bridgehead atoms. The van der Waals surface area contributed by atoms with Gasteiger partial charge in [-0.15, -0.1) is 10.2 Å². The Morgan fingerprint density at radius 3 is 2.82 bits per heavy atom. The fraction of sp³-hybridized carbons (Fsp3) is 0.450. The second-order valence-corrected chi connectivity index (χ2v) is 9.82. The van der Waals surface area contributed by atoms with Crippen LogP contribution in [0.3, 0.4) is 0 Å². The molecule has 28 heavy (non-hydrogen) atoms. The van der Waals surface area contributed by atoms with Crippen molar-refractivity contribution in [2.24, 2.45) is 5.92 Å². The molecule has 8 heteroatoms. The van der Waals surface area contributed by atoms with Gasteiger partial charge < -0.3 is 4.42 Å². The van der Waals surface area contributed by atoms with Gasteiger partial charge in [0.1, 0.15) is 0 Å². The molecule has 1 saturated carbocycles. The van der Waals surface area contributed by atoms with Crippen LogP contribution in [0.4, 0.5) is 0 Å². The molecule has 1 saturated heterocycles. The number of benzene rings is 1. The van der Waals surface area contributed by atoms with Crippen LogP contribution in [0.1, 0.15) is 36.7 Å². The molecule has 1 aromatic carbocycles. The van der Waals surface area contributed by atoms with Crippen molar-refractivity contribution < 1.29 is 12.8 Å². The molecule has 1 aliphatic carbocycles. The SMILES string of the molecule is Cc1nnc([C@]23CCC[C@H]2CN(S(=O)(=O)c2cccc4c(C)nccc24)C3)o1. The molecule has 146 valence electrons. The quantitative estimate of drug-likeness (QED) is 0.674. The van der Waals surface area contributed by atoms with Crippen LogP contribution in [-0.4, -0.2) is 41.0 Å². The summed E-state index contributed by atoms with van der Waals surface area (Å²) in [6, 6.07) is 7.17. The van der Waals surface area contributed by atoms with Gasteiger partial charge in [-0.1, -0.05) is 18.6 Å². The third-order valence-corrected chi connectivity index (χ3v) is 8.24. The highest BCUT2D eigenvalue weighted by Crippen LogP contribution is 2.51. The minimum atomic E-state index is -3.65. The van der Waals surface area contributed by atoms with Gasteiger partial charge in [0.2, 0.25) is 21.8 Å². The first kappa shape index (κ1) is 17.8. The predicted octanol–water partition coefficient (Wildman–Crippen LogP) is 2.98. The summed E-state index contributed by atoms with van der Waals surface area (Å²) in [5, 5.41) is 9.84. The monoisotopic (exact) mass is 398 g/mol. The average molecular weight is 398 g/mol. The predicted molar refractivity (Wildman–Crippen MR) is 103 cm³/mol.